The number of nitrogens with two attached hydrogens (primary N) is 1. The van der Waals surface area contributed by atoms with Crippen molar-refractivity contribution in [2.24, 2.45) is 5.84 Å². The molecule has 0 aromatic heterocycles. The number of carbonyl (C=O) groups excluding carboxylic acids is 1. The van der Waals surface area contributed by atoms with Crippen LogP contribution in [0.1, 0.15) is 12.8 Å². The van der Waals surface area contributed by atoms with Crippen LogP contribution < -0.4 is 11.3 Å². The van der Waals surface area contributed by atoms with Crippen LogP contribution >= 0.6 is 33.2 Å². The summed E-state index contributed by atoms with van der Waals surface area (Å²) in [4.78, 5) is 10.5. The minimum absolute atomic E-state index is 0.228. The molecule has 0 bridgehead atoms. The van der Waals surface area contributed by atoms with Gasteiger partial charge in [0.1, 0.15) is 0 Å². The number of hydrogen-bond donors (Lipinski definition) is 2. The summed E-state index contributed by atoms with van der Waals surface area (Å²) in [5.74, 6) is 4.61. The van der Waals surface area contributed by atoms with Crippen LogP contribution in [-0.2, 0) is 4.79 Å². The molecule has 0 aliphatic heterocycles. The van der Waals surface area contributed by atoms with Crippen molar-refractivity contribution in [2.45, 2.75) is 18.9 Å². The van der Waals surface area contributed by atoms with Crippen LogP contribution in [0, 0.1) is 0 Å². The van der Waals surface area contributed by atoms with Gasteiger partial charge in [-0.25, -0.2) is 5.84 Å². The van der Waals surface area contributed by atoms with Crippen LogP contribution in [0.5, 0.6) is 0 Å². The molecule has 0 atom stereocenters. The Kier molecular flexibility index (Phi) is 5.46. The second kappa shape index (κ2) is 5.21. The first-order valence-electron chi connectivity index (χ1n) is 3.02. The lowest BCUT2D eigenvalue weighted by Crippen LogP contribution is -2.29. The minimum Gasteiger partial charge on any atom is -0.294 e. The fraction of sp³-hybridized carbons (Fsp3) is 0.750. The van der Waals surface area contributed by atoms with Crippen LogP contribution in [-0.4, -0.2) is 11.9 Å². The highest BCUT2D eigenvalue weighted by atomic mass is 35.8. The first kappa shape index (κ1) is 11.5. The number of nitrogens with one attached hydrogen (secondary N) is 1. The fourth-order valence-electron chi connectivity index (χ4n) is 0.522. The Morgan fingerprint density at radius 2 is 2.00 bits per heavy atom. The van der Waals surface area contributed by atoms with E-state index < -0.39 is 6.00 Å². The number of amides is 1. The highest BCUT2D eigenvalue weighted by Crippen LogP contribution is 2.26. The largest absolute Gasteiger partial charge is 0.341 e. The van der Waals surface area contributed by atoms with Crippen molar-refractivity contribution in [3.05, 3.63) is 0 Å². The molecule has 0 unspecified atom stereocenters. The zero-order valence-corrected chi connectivity index (χ0v) is 9.01. The predicted octanol–water partition coefficient (Wildman–Crippen LogP) is 1.41. The topological polar surface area (TPSA) is 55.1 Å². The average Bonchev–Trinajstić information content (AvgIpc) is 1.85. The monoisotopic (exact) mass is 234 g/mol. The number of hydrogen-bond acceptors (Lipinski definition) is 2. The zero-order valence-electron chi connectivity index (χ0n) is 5.74. The molecule has 3 nitrogen and oxygen atoms in total. The Hall–Kier alpha value is 0.517. The highest BCUT2D eigenvalue weighted by Gasteiger charge is 2.24. The molecule has 0 saturated heterocycles. The third-order valence-corrected chi connectivity index (χ3v) is 3.65. The minimum atomic E-state index is -2.54. The van der Waals surface area contributed by atoms with Crippen molar-refractivity contribution >= 4 is 45.1 Å². The highest BCUT2D eigenvalue weighted by molar-refractivity contribution is 7.64. The third-order valence-electron chi connectivity index (χ3n) is 1.03. The van der Waals surface area contributed by atoms with Crippen molar-refractivity contribution < 1.29 is 4.79 Å². The maximum absolute atomic E-state index is 10.5. The number of rotatable bonds is 4. The van der Waals surface area contributed by atoms with E-state index >= 15 is 0 Å². The van der Waals surface area contributed by atoms with E-state index in [1.54, 1.807) is 0 Å². The third kappa shape index (κ3) is 8.42. The lowest BCUT2D eigenvalue weighted by atomic mass is 10.3. The summed E-state index contributed by atoms with van der Waals surface area (Å²) >= 11 is 16.7. The Morgan fingerprint density at radius 3 is 2.36 bits per heavy atom. The molecule has 0 heterocycles. The second-order valence-electron chi connectivity index (χ2n) is 2.04. The first-order valence-corrected chi connectivity index (χ1v) is 8.26. The van der Waals surface area contributed by atoms with E-state index in [9.17, 15) is 4.79 Å². The van der Waals surface area contributed by atoms with Gasteiger partial charge in [0.25, 0.3) is 0 Å². The summed E-state index contributed by atoms with van der Waals surface area (Å²) in [7, 11) is 0. The molecule has 0 aliphatic rings. The molecule has 66 valence electrons. The molecule has 0 radical (unpaired) electrons. The Labute approximate surface area is 80.3 Å². The number of carbonyl (C=O) groups is 1. The molecule has 7 heteroatoms. The van der Waals surface area contributed by atoms with Crippen LogP contribution in [0.3, 0.4) is 0 Å². The molecule has 0 fully saturated rings. The lowest BCUT2D eigenvalue weighted by Gasteiger charge is -2.05. The Bertz CT molecular complexity index is 138. The van der Waals surface area contributed by atoms with Gasteiger partial charge in [-0.2, -0.15) is 0 Å². The van der Waals surface area contributed by atoms with E-state index in [1.807, 2.05) is 5.43 Å². The van der Waals surface area contributed by atoms with Crippen molar-refractivity contribution in [3.8, 4) is 0 Å². The zero-order chi connectivity index (χ0) is 8.91. The summed E-state index contributed by atoms with van der Waals surface area (Å²) in [6, 6.07) is -2.05. The molecule has 0 spiro atoms. The van der Waals surface area contributed by atoms with E-state index in [0.29, 0.717) is 18.9 Å². The van der Waals surface area contributed by atoms with Crippen LogP contribution in [0.25, 0.3) is 0 Å². The van der Waals surface area contributed by atoms with E-state index in [-0.39, 0.29) is 5.91 Å². The van der Waals surface area contributed by atoms with Crippen molar-refractivity contribution in [2.75, 3.05) is 0 Å². The summed E-state index contributed by atoms with van der Waals surface area (Å²) in [5, 5.41) is 0. The normalized spacial score (nSPS) is 11.3. The molecule has 0 rings (SSSR count). The van der Waals surface area contributed by atoms with Gasteiger partial charge >= 0.3 is 6.00 Å². The molecule has 1 amide bonds. The Morgan fingerprint density at radius 1 is 1.45 bits per heavy atom. The quantitative estimate of drug-likeness (QED) is 0.255. The van der Waals surface area contributed by atoms with Gasteiger partial charge < -0.3 is 0 Å². The van der Waals surface area contributed by atoms with Gasteiger partial charge in [-0.15, -0.1) is 33.2 Å². The van der Waals surface area contributed by atoms with Gasteiger partial charge in [0.05, 0.1) is 0 Å². The molecule has 0 saturated carbocycles. The average molecular weight is 236 g/mol. The predicted molar refractivity (Wildman–Crippen MR) is 49.7 cm³/mol. The fourth-order valence-corrected chi connectivity index (χ4v) is 2.30. The van der Waals surface area contributed by atoms with Gasteiger partial charge in [0, 0.05) is 6.42 Å². The maximum atomic E-state index is 10.5. The van der Waals surface area contributed by atoms with Crippen LogP contribution in [0.4, 0.5) is 0 Å². The van der Waals surface area contributed by atoms with Crippen LogP contribution in [0.15, 0.2) is 0 Å². The van der Waals surface area contributed by atoms with Gasteiger partial charge in [0.2, 0.25) is 5.91 Å². The molecule has 3 N–H and O–H groups in total. The summed E-state index contributed by atoms with van der Waals surface area (Å²) < 4.78 is 0. The van der Waals surface area contributed by atoms with Crippen LogP contribution in [0.2, 0.25) is 6.04 Å². The van der Waals surface area contributed by atoms with Gasteiger partial charge in [-0.3, -0.25) is 10.2 Å². The number of hydrazine groups is 1. The SMILES string of the molecule is NNC(=O)CCC[Si](Cl)(Cl)Cl. The van der Waals surface area contributed by atoms with Gasteiger partial charge in [-0.1, -0.05) is 0 Å². The van der Waals surface area contributed by atoms with Crippen molar-refractivity contribution in [1.82, 2.24) is 5.43 Å². The Balaban J connectivity index is 3.35. The molecule has 11 heavy (non-hydrogen) atoms. The standard InChI is InChI=1S/C4H9Cl3N2OSi/c5-11(6,7)3-1-2-4(10)9-8/h1-3,8H2,(H,9,10). The second-order valence-corrected chi connectivity index (χ2v) is 11.3. The smallest absolute Gasteiger partial charge is 0.294 e. The summed E-state index contributed by atoms with van der Waals surface area (Å²) in [6.07, 6.45) is 0.892. The van der Waals surface area contributed by atoms with E-state index in [1.165, 1.54) is 0 Å². The summed E-state index contributed by atoms with van der Waals surface area (Å²) in [5.41, 5.74) is 2.00. The molecular formula is C4H9Cl3N2OSi. The van der Waals surface area contributed by atoms with E-state index in [0.717, 1.165) is 0 Å². The van der Waals surface area contributed by atoms with Crippen molar-refractivity contribution in [1.29, 1.82) is 0 Å². The van der Waals surface area contributed by atoms with Gasteiger partial charge in [0.15, 0.2) is 0 Å². The van der Waals surface area contributed by atoms with Gasteiger partial charge in [-0.05, 0) is 12.5 Å². The maximum Gasteiger partial charge on any atom is 0.341 e. The molecule has 0 aromatic carbocycles. The molecule has 0 aromatic rings. The lowest BCUT2D eigenvalue weighted by molar-refractivity contribution is -0.121. The number of halogens is 3. The first-order chi connectivity index (χ1) is 4.95. The molecular weight excluding hydrogens is 227 g/mol. The summed E-state index contributed by atoms with van der Waals surface area (Å²) in [6.45, 7) is 0. The van der Waals surface area contributed by atoms with Crippen molar-refractivity contribution in [3.63, 3.8) is 0 Å². The van der Waals surface area contributed by atoms with E-state index in [4.69, 9.17) is 39.1 Å². The molecule has 0 aliphatic carbocycles. The van der Waals surface area contributed by atoms with E-state index in [2.05, 4.69) is 0 Å².